The molecule has 0 aromatic carbocycles. The number of hydrogen-bond donors (Lipinski definition) is 1. The smallest absolute Gasteiger partial charge is 0.306 e. The van der Waals surface area contributed by atoms with Gasteiger partial charge >= 0.3 is 11.9 Å². The maximum absolute atomic E-state index is 12.1. The molecule has 0 bridgehead atoms. The van der Waals surface area contributed by atoms with E-state index in [1.54, 1.807) is 0 Å². The average molecular weight is 647 g/mol. The number of carbonyl (C=O) groups excluding carboxylic acids is 2. The summed E-state index contributed by atoms with van der Waals surface area (Å²) in [5.74, 6) is -0.610. The Morgan fingerprint density at radius 2 is 0.870 bits per heavy atom. The van der Waals surface area contributed by atoms with Gasteiger partial charge in [0.05, 0.1) is 6.61 Å². The van der Waals surface area contributed by atoms with Crippen LogP contribution in [-0.2, 0) is 19.1 Å². The molecule has 1 N–H and O–H groups in total. The first-order valence-corrected chi connectivity index (χ1v) is 19.5. The Bertz CT molecular complexity index is 741. The Kier molecular flexibility index (Phi) is 36.0. The van der Waals surface area contributed by atoms with E-state index in [0.717, 1.165) is 51.4 Å². The van der Waals surface area contributed by atoms with Crippen LogP contribution >= 0.6 is 0 Å². The third-order valence-corrected chi connectivity index (χ3v) is 8.41. The predicted molar refractivity (Wildman–Crippen MR) is 196 cm³/mol. The maximum Gasteiger partial charge on any atom is 0.306 e. The fourth-order valence-corrected chi connectivity index (χ4v) is 5.40. The third kappa shape index (κ3) is 35.0. The van der Waals surface area contributed by atoms with E-state index in [-0.39, 0.29) is 25.2 Å². The zero-order chi connectivity index (χ0) is 33.6. The van der Waals surface area contributed by atoms with Crippen LogP contribution in [0.25, 0.3) is 0 Å². The molecule has 0 heterocycles. The van der Waals surface area contributed by atoms with Crippen molar-refractivity contribution >= 4 is 11.9 Å². The SMILES string of the molecule is CCCCC/C=C\C/C=C\CCCCCCCC(=O)OC(CO)COC(=O)CCCCCCCCC/C=C\CCCCCCCC. The second kappa shape index (κ2) is 37.6. The summed E-state index contributed by atoms with van der Waals surface area (Å²) in [5, 5.41) is 9.54. The predicted octanol–water partition coefficient (Wildman–Crippen LogP) is 12.1. The molecule has 0 aliphatic carbocycles. The van der Waals surface area contributed by atoms with Gasteiger partial charge in [-0.25, -0.2) is 0 Å². The van der Waals surface area contributed by atoms with Gasteiger partial charge in [0.1, 0.15) is 6.61 Å². The number of hydrogen-bond acceptors (Lipinski definition) is 5. The Balaban J connectivity index is 3.58. The van der Waals surface area contributed by atoms with E-state index in [9.17, 15) is 14.7 Å². The number of allylic oxidation sites excluding steroid dienone is 6. The van der Waals surface area contributed by atoms with Crippen molar-refractivity contribution in [2.24, 2.45) is 0 Å². The molecule has 5 heteroatoms. The van der Waals surface area contributed by atoms with E-state index in [1.807, 2.05) is 0 Å². The van der Waals surface area contributed by atoms with Gasteiger partial charge in [0, 0.05) is 12.8 Å². The van der Waals surface area contributed by atoms with Crippen LogP contribution in [0.15, 0.2) is 36.5 Å². The minimum atomic E-state index is -0.778. The van der Waals surface area contributed by atoms with E-state index >= 15 is 0 Å². The zero-order valence-corrected chi connectivity index (χ0v) is 30.3. The van der Waals surface area contributed by atoms with Gasteiger partial charge in [-0.05, 0) is 70.6 Å². The molecule has 46 heavy (non-hydrogen) atoms. The largest absolute Gasteiger partial charge is 0.462 e. The van der Waals surface area contributed by atoms with E-state index in [0.29, 0.717) is 12.8 Å². The first-order chi connectivity index (χ1) is 22.6. The molecule has 0 radical (unpaired) electrons. The van der Waals surface area contributed by atoms with Crippen LogP contribution in [0.5, 0.6) is 0 Å². The van der Waals surface area contributed by atoms with Crippen molar-refractivity contribution in [2.45, 2.75) is 200 Å². The van der Waals surface area contributed by atoms with Gasteiger partial charge in [-0.15, -0.1) is 0 Å². The van der Waals surface area contributed by atoms with E-state index in [4.69, 9.17) is 9.47 Å². The molecule has 1 atom stereocenters. The van der Waals surface area contributed by atoms with Gasteiger partial charge in [-0.3, -0.25) is 9.59 Å². The molecule has 0 aliphatic rings. The van der Waals surface area contributed by atoms with Crippen molar-refractivity contribution in [3.8, 4) is 0 Å². The average Bonchev–Trinajstić information content (AvgIpc) is 3.06. The van der Waals surface area contributed by atoms with Crippen molar-refractivity contribution in [3.63, 3.8) is 0 Å². The van der Waals surface area contributed by atoms with Crippen molar-refractivity contribution in [2.75, 3.05) is 13.2 Å². The number of unbranched alkanes of at least 4 members (excludes halogenated alkanes) is 21. The molecular weight excluding hydrogens is 572 g/mol. The highest BCUT2D eigenvalue weighted by atomic mass is 16.6. The number of esters is 2. The summed E-state index contributed by atoms with van der Waals surface area (Å²) >= 11 is 0. The second-order valence-corrected chi connectivity index (χ2v) is 13.0. The monoisotopic (exact) mass is 647 g/mol. The second-order valence-electron chi connectivity index (χ2n) is 13.0. The quantitative estimate of drug-likeness (QED) is 0.0421. The van der Waals surface area contributed by atoms with Crippen LogP contribution in [0.2, 0.25) is 0 Å². The Morgan fingerprint density at radius 1 is 0.500 bits per heavy atom. The summed E-state index contributed by atoms with van der Waals surface area (Å²) in [4.78, 5) is 24.2. The number of carbonyl (C=O) groups is 2. The molecule has 0 saturated carbocycles. The van der Waals surface area contributed by atoms with Crippen LogP contribution in [0.3, 0.4) is 0 Å². The van der Waals surface area contributed by atoms with Gasteiger partial charge in [0.2, 0.25) is 0 Å². The van der Waals surface area contributed by atoms with Crippen LogP contribution in [0.1, 0.15) is 194 Å². The first-order valence-electron chi connectivity index (χ1n) is 19.5. The van der Waals surface area contributed by atoms with E-state index in [2.05, 4.69) is 50.3 Å². The molecule has 0 aromatic rings. The maximum atomic E-state index is 12.1. The Labute approximate surface area is 285 Å². The number of aliphatic hydroxyl groups is 1. The van der Waals surface area contributed by atoms with E-state index in [1.165, 1.54) is 116 Å². The lowest BCUT2D eigenvalue weighted by Crippen LogP contribution is -2.28. The highest BCUT2D eigenvalue weighted by Gasteiger charge is 2.16. The lowest BCUT2D eigenvalue weighted by Gasteiger charge is -2.15. The highest BCUT2D eigenvalue weighted by molar-refractivity contribution is 5.70. The molecule has 268 valence electrons. The van der Waals surface area contributed by atoms with Gasteiger partial charge in [0.25, 0.3) is 0 Å². The fraction of sp³-hybridized carbons (Fsp3) is 0.805. The van der Waals surface area contributed by atoms with Crippen molar-refractivity contribution < 1.29 is 24.2 Å². The van der Waals surface area contributed by atoms with E-state index < -0.39 is 6.10 Å². The van der Waals surface area contributed by atoms with Crippen molar-refractivity contribution in [1.82, 2.24) is 0 Å². The van der Waals surface area contributed by atoms with Crippen molar-refractivity contribution in [3.05, 3.63) is 36.5 Å². The molecular formula is C41H74O5. The third-order valence-electron chi connectivity index (χ3n) is 8.41. The molecule has 0 aliphatic heterocycles. The number of ether oxygens (including phenoxy) is 2. The van der Waals surface area contributed by atoms with Crippen LogP contribution < -0.4 is 0 Å². The molecule has 5 nitrogen and oxygen atoms in total. The fourth-order valence-electron chi connectivity index (χ4n) is 5.40. The molecule has 1 unspecified atom stereocenters. The van der Waals surface area contributed by atoms with Gasteiger partial charge in [-0.2, -0.15) is 0 Å². The van der Waals surface area contributed by atoms with Crippen LogP contribution in [0, 0.1) is 0 Å². The minimum Gasteiger partial charge on any atom is -0.462 e. The van der Waals surface area contributed by atoms with Crippen LogP contribution in [-0.4, -0.2) is 36.4 Å². The molecule has 0 rings (SSSR count). The number of rotatable bonds is 35. The van der Waals surface area contributed by atoms with Crippen LogP contribution in [0.4, 0.5) is 0 Å². The molecule has 0 fully saturated rings. The normalized spacial score (nSPS) is 12.5. The summed E-state index contributed by atoms with van der Waals surface area (Å²) in [5.41, 5.74) is 0. The summed E-state index contributed by atoms with van der Waals surface area (Å²) in [6.07, 6.45) is 44.8. The first kappa shape index (κ1) is 44.1. The zero-order valence-electron chi connectivity index (χ0n) is 30.3. The topological polar surface area (TPSA) is 72.8 Å². The molecule has 0 saturated heterocycles. The van der Waals surface area contributed by atoms with Gasteiger partial charge < -0.3 is 14.6 Å². The molecule has 0 aromatic heterocycles. The minimum absolute atomic E-state index is 0.0728. The standard InChI is InChI=1S/C41H74O5/c1-3-5-7-9-11-13-15-17-19-20-22-23-25-27-29-31-33-35-40(43)45-38-39(37-42)46-41(44)36-34-32-30-28-26-24-21-18-16-14-12-10-8-6-4-2/h12,14,17-19,21,39,42H,3-11,13,15-16,20,22-38H2,1-2H3/b14-12-,19-17-,21-18-. The summed E-state index contributed by atoms with van der Waals surface area (Å²) < 4.78 is 10.6. The van der Waals surface area contributed by atoms with Gasteiger partial charge in [-0.1, -0.05) is 147 Å². The Hall–Kier alpha value is -1.88. The summed E-state index contributed by atoms with van der Waals surface area (Å²) in [7, 11) is 0. The Morgan fingerprint density at radius 3 is 1.35 bits per heavy atom. The van der Waals surface area contributed by atoms with Gasteiger partial charge in [0.15, 0.2) is 6.10 Å². The highest BCUT2D eigenvalue weighted by Crippen LogP contribution is 2.13. The summed E-state index contributed by atoms with van der Waals surface area (Å²) in [6, 6.07) is 0. The molecule has 0 spiro atoms. The lowest BCUT2D eigenvalue weighted by molar-refractivity contribution is -0.161. The molecule has 0 amide bonds. The summed E-state index contributed by atoms with van der Waals surface area (Å²) in [6.45, 7) is 4.09. The lowest BCUT2D eigenvalue weighted by atomic mass is 10.1. The van der Waals surface area contributed by atoms with Crippen molar-refractivity contribution in [1.29, 1.82) is 0 Å². The number of aliphatic hydroxyl groups excluding tert-OH is 1.